The average molecular weight is 266 g/mol. The number of amides is 2. The molecule has 3 N–H and O–H groups in total. The number of nitrogens with one attached hydrogen (secondary N) is 2. The maximum atomic E-state index is 11.7. The number of ether oxygens (including phenoxy) is 1. The summed E-state index contributed by atoms with van der Waals surface area (Å²) in [6.45, 7) is 1.90. The molecular weight excluding hydrogens is 248 g/mol. The van der Waals surface area contributed by atoms with Gasteiger partial charge in [-0.3, -0.25) is 0 Å². The fourth-order valence-electron chi connectivity index (χ4n) is 1.57. The van der Waals surface area contributed by atoms with Gasteiger partial charge in [0, 0.05) is 12.8 Å². The zero-order chi connectivity index (χ0) is 14.3. The van der Waals surface area contributed by atoms with Crippen LogP contribution in [-0.2, 0) is 16.0 Å². The number of benzene rings is 1. The summed E-state index contributed by atoms with van der Waals surface area (Å²) in [6, 6.07) is 6.98. The van der Waals surface area contributed by atoms with Crippen molar-refractivity contribution in [2.24, 2.45) is 0 Å². The number of para-hydroxylation sites is 1. The second kappa shape index (κ2) is 7.38. The minimum atomic E-state index is -1.11. The van der Waals surface area contributed by atoms with Crippen molar-refractivity contribution in [3.05, 3.63) is 29.8 Å². The molecule has 6 heteroatoms. The monoisotopic (exact) mass is 266 g/mol. The van der Waals surface area contributed by atoms with Gasteiger partial charge in [0.1, 0.15) is 0 Å². The number of urea groups is 1. The molecule has 2 amide bonds. The quantitative estimate of drug-likeness (QED) is 0.727. The molecule has 0 radical (unpaired) electrons. The minimum Gasteiger partial charge on any atom is -0.479 e. The van der Waals surface area contributed by atoms with E-state index in [1.165, 1.54) is 7.11 Å². The molecule has 1 aromatic rings. The Morgan fingerprint density at radius 2 is 2.05 bits per heavy atom. The highest BCUT2D eigenvalue weighted by atomic mass is 16.5. The maximum Gasteiger partial charge on any atom is 0.334 e. The Kier molecular flexibility index (Phi) is 5.81. The number of carbonyl (C=O) groups excluding carboxylic acids is 1. The minimum absolute atomic E-state index is 0.0913. The number of hydrogen-bond donors (Lipinski definition) is 3. The number of methoxy groups -OCH3 is 1. The SMILES string of the molecule is CCc1ccccc1NC(=O)NCC(OC)C(=O)O. The molecule has 1 rings (SSSR count). The molecule has 0 aliphatic carbocycles. The molecule has 1 aromatic carbocycles. The van der Waals surface area contributed by atoms with Gasteiger partial charge in [0.25, 0.3) is 0 Å². The first kappa shape index (κ1) is 15.0. The number of carboxylic acid groups (broad SMARTS) is 1. The Hall–Kier alpha value is -2.08. The predicted octanol–water partition coefficient (Wildman–Crippen LogP) is 1.47. The molecule has 0 saturated carbocycles. The van der Waals surface area contributed by atoms with Crippen molar-refractivity contribution in [2.75, 3.05) is 19.0 Å². The van der Waals surface area contributed by atoms with E-state index in [0.717, 1.165) is 12.0 Å². The Morgan fingerprint density at radius 3 is 2.63 bits per heavy atom. The number of carboxylic acids is 1. The summed E-state index contributed by atoms with van der Waals surface area (Å²) in [5.41, 5.74) is 1.73. The van der Waals surface area contributed by atoms with Crippen molar-refractivity contribution in [3.63, 3.8) is 0 Å². The van der Waals surface area contributed by atoms with Gasteiger partial charge in [0.05, 0.1) is 6.54 Å². The number of aliphatic carboxylic acids is 1. The van der Waals surface area contributed by atoms with E-state index in [1.807, 2.05) is 25.1 Å². The number of aryl methyl sites for hydroxylation is 1. The third-order valence-electron chi connectivity index (χ3n) is 2.65. The zero-order valence-corrected chi connectivity index (χ0v) is 11.0. The molecular formula is C13H18N2O4. The van der Waals surface area contributed by atoms with Gasteiger partial charge < -0.3 is 20.5 Å². The summed E-state index contributed by atoms with van der Waals surface area (Å²) in [7, 11) is 1.28. The smallest absolute Gasteiger partial charge is 0.334 e. The van der Waals surface area contributed by atoms with Gasteiger partial charge in [0.15, 0.2) is 6.10 Å². The van der Waals surface area contributed by atoms with E-state index in [9.17, 15) is 9.59 Å². The second-order valence-corrected chi connectivity index (χ2v) is 3.91. The molecule has 0 heterocycles. The van der Waals surface area contributed by atoms with Gasteiger partial charge in [-0.25, -0.2) is 9.59 Å². The zero-order valence-electron chi connectivity index (χ0n) is 11.0. The first-order valence-electron chi connectivity index (χ1n) is 5.96. The van der Waals surface area contributed by atoms with E-state index in [-0.39, 0.29) is 6.54 Å². The lowest BCUT2D eigenvalue weighted by Gasteiger charge is -2.13. The first-order valence-corrected chi connectivity index (χ1v) is 5.96. The summed E-state index contributed by atoms with van der Waals surface area (Å²) in [5, 5.41) is 13.9. The van der Waals surface area contributed by atoms with Crippen LogP contribution in [0.4, 0.5) is 10.5 Å². The van der Waals surface area contributed by atoms with E-state index in [0.29, 0.717) is 5.69 Å². The molecule has 19 heavy (non-hydrogen) atoms. The van der Waals surface area contributed by atoms with Crippen LogP contribution in [-0.4, -0.2) is 36.9 Å². The Labute approximate surface area is 111 Å². The lowest BCUT2D eigenvalue weighted by Crippen LogP contribution is -2.39. The van der Waals surface area contributed by atoms with E-state index in [1.54, 1.807) is 6.07 Å². The molecule has 6 nitrogen and oxygen atoms in total. The van der Waals surface area contributed by atoms with Gasteiger partial charge in [-0.05, 0) is 18.1 Å². The molecule has 0 bridgehead atoms. The first-order chi connectivity index (χ1) is 9.08. The van der Waals surface area contributed by atoms with Gasteiger partial charge in [-0.2, -0.15) is 0 Å². The van der Waals surface area contributed by atoms with Gasteiger partial charge in [-0.1, -0.05) is 25.1 Å². The van der Waals surface area contributed by atoms with Crippen LogP contribution in [0.2, 0.25) is 0 Å². The molecule has 0 fully saturated rings. The maximum absolute atomic E-state index is 11.7. The van der Waals surface area contributed by atoms with Crippen molar-refractivity contribution in [1.29, 1.82) is 0 Å². The average Bonchev–Trinajstić information content (AvgIpc) is 2.39. The molecule has 0 aliphatic rings. The van der Waals surface area contributed by atoms with Crippen LogP contribution in [0.15, 0.2) is 24.3 Å². The largest absolute Gasteiger partial charge is 0.479 e. The van der Waals surface area contributed by atoms with Gasteiger partial charge >= 0.3 is 12.0 Å². The molecule has 1 unspecified atom stereocenters. The number of anilines is 1. The highest BCUT2D eigenvalue weighted by Crippen LogP contribution is 2.14. The lowest BCUT2D eigenvalue weighted by molar-refractivity contribution is -0.147. The van der Waals surface area contributed by atoms with Crippen LogP contribution in [0, 0.1) is 0 Å². The summed E-state index contributed by atoms with van der Waals surface area (Å²) in [5.74, 6) is -1.11. The number of carbonyl (C=O) groups is 2. The van der Waals surface area contributed by atoms with Gasteiger partial charge in [-0.15, -0.1) is 0 Å². The molecule has 0 aliphatic heterocycles. The molecule has 0 spiro atoms. The van der Waals surface area contributed by atoms with Crippen molar-refractivity contribution in [3.8, 4) is 0 Å². The normalized spacial score (nSPS) is 11.7. The summed E-state index contributed by atoms with van der Waals surface area (Å²) < 4.78 is 4.72. The van der Waals surface area contributed by atoms with E-state index < -0.39 is 18.1 Å². The van der Waals surface area contributed by atoms with Crippen LogP contribution in [0.25, 0.3) is 0 Å². The van der Waals surface area contributed by atoms with Crippen LogP contribution in [0.3, 0.4) is 0 Å². The van der Waals surface area contributed by atoms with Crippen LogP contribution < -0.4 is 10.6 Å². The topological polar surface area (TPSA) is 87.7 Å². The number of hydrogen-bond acceptors (Lipinski definition) is 3. The summed E-state index contributed by atoms with van der Waals surface area (Å²) in [6.07, 6.45) is -0.251. The van der Waals surface area contributed by atoms with E-state index in [2.05, 4.69) is 10.6 Å². The standard InChI is InChI=1S/C13H18N2O4/c1-3-9-6-4-5-7-10(9)15-13(18)14-8-11(19-2)12(16)17/h4-7,11H,3,8H2,1-2H3,(H,16,17)(H2,14,15,18). The van der Waals surface area contributed by atoms with Crippen LogP contribution >= 0.6 is 0 Å². The van der Waals surface area contributed by atoms with Gasteiger partial charge in [0.2, 0.25) is 0 Å². The second-order valence-electron chi connectivity index (χ2n) is 3.91. The molecule has 104 valence electrons. The van der Waals surface area contributed by atoms with E-state index in [4.69, 9.17) is 9.84 Å². The van der Waals surface area contributed by atoms with Crippen molar-refractivity contribution in [2.45, 2.75) is 19.4 Å². The summed E-state index contributed by atoms with van der Waals surface area (Å²) >= 11 is 0. The van der Waals surface area contributed by atoms with Crippen LogP contribution in [0.1, 0.15) is 12.5 Å². The fraction of sp³-hybridized carbons (Fsp3) is 0.385. The lowest BCUT2D eigenvalue weighted by atomic mass is 10.1. The molecule has 0 aromatic heterocycles. The Bertz CT molecular complexity index is 448. The third kappa shape index (κ3) is 4.59. The Morgan fingerprint density at radius 1 is 1.37 bits per heavy atom. The highest BCUT2D eigenvalue weighted by Gasteiger charge is 2.17. The third-order valence-corrected chi connectivity index (χ3v) is 2.65. The Balaban J connectivity index is 2.53. The van der Waals surface area contributed by atoms with Crippen molar-refractivity contribution < 1.29 is 19.4 Å². The molecule has 0 saturated heterocycles. The fourth-order valence-corrected chi connectivity index (χ4v) is 1.57. The summed E-state index contributed by atoms with van der Waals surface area (Å²) in [4.78, 5) is 22.4. The van der Waals surface area contributed by atoms with Crippen molar-refractivity contribution >= 4 is 17.7 Å². The predicted molar refractivity (Wildman–Crippen MR) is 71.3 cm³/mol. The number of rotatable bonds is 6. The van der Waals surface area contributed by atoms with Crippen molar-refractivity contribution in [1.82, 2.24) is 5.32 Å². The highest BCUT2D eigenvalue weighted by molar-refractivity contribution is 5.90. The molecule has 1 atom stereocenters. The van der Waals surface area contributed by atoms with Crippen LogP contribution in [0.5, 0.6) is 0 Å². The van der Waals surface area contributed by atoms with E-state index >= 15 is 0 Å².